The smallest absolute Gasteiger partial charge is 0.333 e. The molecule has 10 nitrogen and oxygen atoms in total. The zero-order chi connectivity index (χ0) is 30.8. The summed E-state index contributed by atoms with van der Waals surface area (Å²) in [5.74, 6) is -0.805. The van der Waals surface area contributed by atoms with Crippen LogP contribution in [0.1, 0.15) is 25.0 Å². The van der Waals surface area contributed by atoms with Crippen LogP contribution < -0.4 is 4.90 Å². The largest absolute Gasteiger partial charge is 0.462 e. The molecular weight excluding hydrogens is 585 g/mol. The summed E-state index contributed by atoms with van der Waals surface area (Å²) in [4.78, 5) is 30.3. The number of aromatic nitrogens is 1. The van der Waals surface area contributed by atoms with Crippen LogP contribution in [0.3, 0.4) is 0 Å². The molecular formula is C31H32N6O4S2. The van der Waals surface area contributed by atoms with E-state index in [1.165, 1.54) is 22.7 Å². The molecule has 0 unspecified atom stereocenters. The van der Waals surface area contributed by atoms with Crippen molar-refractivity contribution in [3.8, 4) is 0 Å². The first-order chi connectivity index (χ1) is 20.7. The molecule has 0 aliphatic carbocycles. The van der Waals surface area contributed by atoms with E-state index >= 15 is 0 Å². The second kappa shape index (κ2) is 15.1. The lowest BCUT2D eigenvalue weighted by atomic mass is 10.1. The molecule has 0 atom stereocenters. The number of anilines is 1. The predicted octanol–water partition coefficient (Wildman–Crippen LogP) is 8.71. The van der Waals surface area contributed by atoms with Crippen LogP contribution in [0.15, 0.2) is 93.8 Å². The van der Waals surface area contributed by atoms with Crippen LogP contribution in [0.2, 0.25) is 0 Å². The molecule has 2 aromatic heterocycles. The maximum atomic E-state index is 11.5. The van der Waals surface area contributed by atoms with Crippen molar-refractivity contribution >= 4 is 71.3 Å². The molecule has 4 aromatic rings. The van der Waals surface area contributed by atoms with Crippen molar-refractivity contribution in [2.24, 2.45) is 20.5 Å². The molecule has 0 amide bonds. The average Bonchev–Trinajstić information content (AvgIpc) is 3.56. The van der Waals surface area contributed by atoms with Gasteiger partial charge in [0, 0.05) is 30.3 Å². The molecule has 0 spiro atoms. The number of hydrogen-bond acceptors (Lipinski definition) is 12. The number of thiophene rings is 1. The number of likely N-dealkylation sites (N-methyl/N-ethyl adjacent to an activating group) is 1. The monoisotopic (exact) mass is 616 g/mol. The van der Waals surface area contributed by atoms with E-state index in [1.807, 2.05) is 62.4 Å². The number of aryl methyl sites for hydroxylation is 1. The van der Waals surface area contributed by atoms with Gasteiger partial charge in [0.2, 0.25) is 5.13 Å². The van der Waals surface area contributed by atoms with Gasteiger partial charge in [-0.05, 0) is 68.3 Å². The van der Waals surface area contributed by atoms with E-state index in [0.717, 1.165) is 55.3 Å². The third kappa shape index (κ3) is 8.97. The Labute approximate surface area is 258 Å². The Hall–Kier alpha value is -4.55. The Bertz CT molecular complexity index is 1640. The first-order valence-electron chi connectivity index (χ1n) is 13.6. The summed E-state index contributed by atoms with van der Waals surface area (Å²) in [6.45, 7) is 14.6. The van der Waals surface area contributed by atoms with Gasteiger partial charge < -0.3 is 14.4 Å². The molecule has 0 bridgehead atoms. The molecule has 0 fully saturated rings. The first-order valence-corrected chi connectivity index (χ1v) is 15.2. The number of hydrogen-bond donors (Lipinski definition) is 0. The van der Waals surface area contributed by atoms with Gasteiger partial charge in [-0.3, -0.25) is 0 Å². The molecule has 0 aliphatic rings. The van der Waals surface area contributed by atoms with Crippen LogP contribution in [0, 0.1) is 6.92 Å². The van der Waals surface area contributed by atoms with Gasteiger partial charge in [0.25, 0.3) is 0 Å². The van der Waals surface area contributed by atoms with Crippen LogP contribution >= 0.6 is 22.7 Å². The maximum absolute atomic E-state index is 11.5. The van der Waals surface area contributed by atoms with Crippen molar-refractivity contribution in [2.45, 2.75) is 27.2 Å². The molecule has 43 heavy (non-hydrogen) atoms. The van der Waals surface area contributed by atoms with Crippen LogP contribution in [-0.4, -0.2) is 43.2 Å². The lowest BCUT2D eigenvalue weighted by Gasteiger charge is -2.23. The number of esters is 2. The number of azo groups is 2. The van der Waals surface area contributed by atoms with E-state index < -0.39 is 5.97 Å². The third-order valence-electron chi connectivity index (χ3n) is 6.18. The fourth-order valence-corrected chi connectivity index (χ4v) is 5.70. The van der Waals surface area contributed by atoms with Gasteiger partial charge in [-0.25, -0.2) is 14.6 Å². The van der Waals surface area contributed by atoms with Crippen LogP contribution in [0.25, 0.3) is 9.53 Å². The maximum Gasteiger partial charge on any atom is 0.333 e. The zero-order valence-electron chi connectivity index (χ0n) is 24.3. The lowest BCUT2D eigenvalue weighted by molar-refractivity contribution is -0.139. The fourth-order valence-electron chi connectivity index (χ4n) is 3.86. The second-order valence-corrected chi connectivity index (χ2v) is 11.4. The van der Waals surface area contributed by atoms with Crippen LogP contribution in [0.4, 0.5) is 27.2 Å². The van der Waals surface area contributed by atoms with Crippen molar-refractivity contribution in [3.63, 3.8) is 0 Å². The number of nitrogens with zero attached hydrogens (tertiary/aromatic N) is 6. The minimum atomic E-state index is -0.425. The average molecular weight is 617 g/mol. The highest BCUT2D eigenvalue weighted by Crippen LogP contribution is 2.39. The predicted molar refractivity (Wildman–Crippen MR) is 172 cm³/mol. The Balaban J connectivity index is 1.33. The molecule has 0 saturated heterocycles. The molecule has 0 aliphatic heterocycles. The van der Waals surface area contributed by atoms with Gasteiger partial charge in [0.05, 0.1) is 29.2 Å². The van der Waals surface area contributed by atoms with E-state index in [2.05, 4.69) is 43.5 Å². The highest BCUT2D eigenvalue weighted by Gasteiger charge is 2.10. The summed E-state index contributed by atoms with van der Waals surface area (Å²) in [6, 6.07) is 15.5. The fraction of sp³-hybridized carbons (Fsp3) is 0.258. The van der Waals surface area contributed by atoms with Gasteiger partial charge >= 0.3 is 11.9 Å². The number of benzene rings is 2. The second-order valence-electron chi connectivity index (χ2n) is 9.41. The Morgan fingerprint density at radius 3 is 2.47 bits per heavy atom. The molecule has 0 radical (unpaired) electrons. The normalized spacial score (nSPS) is 11.3. The van der Waals surface area contributed by atoms with Crippen molar-refractivity contribution in [3.05, 3.63) is 84.5 Å². The molecule has 4 rings (SSSR count). The van der Waals surface area contributed by atoms with E-state index in [1.54, 1.807) is 6.92 Å². The van der Waals surface area contributed by atoms with Crippen molar-refractivity contribution < 1.29 is 19.1 Å². The molecule has 12 heteroatoms. The van der Waals surface area contributed by atoms with Crippen molar-refractivity contribution in [1.82, 2.24) is 4.98 Å². The lowest BCUT2D eigenvalue weighted by Crippen LogP contribution is -2.27. The SMILES string of the molecule is C=CC(=O)OCCN(CC)c1ccc(N=Nc2nc3sc(N=Nc4ccc(CCOC(=O)C(=C)C)cc4)cc3s2)c(C)c1. The number of carbonyl (C=O) groups excluding carboxylic acids is 2. The van der Waals surface area contributed by atoms with Gasteiger partial charge in [-0.1, -0.05) is 48.0 Å². The minimum absolute atomic E-state index is 0.286. The summed E-state index contributed by atoms with van der Waals surface area (Å²) in [5, 5.41) is 18.8. The van der Waals surface area contributed by atoms with Gasteiger partial charge in [0.1, 0.15) is 16.4 Å². The summed E-state index contributed by atoms with van der Waals surface area (Å²) in [5.41, 5.74) is 4.89. The highest BCUT2D eigenvalue weighted by molar-refractivity contribution is 7.30. The number of rotatable bonds is 14. The topological polar surface area (TPSA) is 118 Å². The summed E-state index contributed by atoms with van der Waals surface area (Å²) in [7, 11) is 0. The van der Waals surface area contributed by atoms with Gasteiger partial charge in [-0.15, -0.1) is 20.5 Å². The Morgan fingerprint density at radius 2 is 1.79 bits per heavy atom. The third-order valence-corrected chi connectivity index (χ3v) is 8.11. The summed E-state index contributed by atoms with van der Waals surface area (Å²) in [6.07, 6.45) is 1.78. The highest BCUT2D eigenvalue weighted by atomic mass is 32.1. The van der Waals surface area contributed by atoms with Crippen LogP contribution in [0.5, 0.6) is 0 Å². The van der Waals surface area contributed by atoms with Gasteiger partial charge in [-0.2, -0.15) is 0 Å². The van der Waals surface area contributed by atoms with Crippen molar-refractivity contribution in [1.29, 1.82) is 0 Å². The zero-order valence-corrected chi connectivity index (χ0v) is 25.9. The Kier molecular flexibility index (Phi) is 11.0. The van der Waals surface area contributed by atoms with E-state index in [9.17, 15) is 9.59 Å². The summed E-state index contributed by atoms with van der Waals surface area (Å²) < 4.78 is 11.2. The van der Waals surface area contributed by atoms with E-state index in [-0.39, 0.29) is 12.6 Å². The minimum Gasteiger partial charge on any atom is -0.462 e. The number of ether oxygens (including phenoxy) is 2. The first kappa shape index (κ1) is 31.4. The Morgan fingerprint density at radius 1 is 1.00 bits per heavy atom. The summed E-state index contributed by atoms with van der Waals surface area (Å²) >= 11 is 2.88. The molecule has 0 saturated carbocycles. The molecule has 2 heterocycles. The molecule has 222 valence electrons. The standard InChI is InChI=1S/C31H32N6O4S2/c1-6-28(38)40-17-15-37(7-2)24-12-13-25(21(5)18-24)34-36-31-32-29-26(42-31)19-27(43-29)35-33-23-10-8-22(9-11-23)14-16-41-30(39)20(3)4/h6,8-13,18-19H,1,3,7,14-17H2,2,4-5H3. The molecule has 0 N–H and O–H groups in total. The van der Waals surface area contributed by atoms with Crippen LogP contribution in [-0.2, 0) is 25.5 Å². The quantitative estimate of drug-likeness (QED) is 0.0794. The molecule has 2 aromatic carbocycles. The van der Waals surface area contributed by atoms with E-state index in [4.69, 9.17) is 9.47 Å². The number of carbonyl (C=O) groups is 2. The van der Waals surface area contributed by atoms with Gasteiger partial charge in [0.15, 0.2) is 0 Å². The number of thiazole rings is 1. The van der Waals surface area contributed by atoms with E-state index in [0.29, 0.717) is 30.3 Å². The van der Waals surface area contributed by atoms with Crippen molar-refractivity contribution in [2.75, 3.05) is 31.2 Å². The number of fused-ring (bicyclic) bond motifs is 1.